The van der Waals surface area contributed by atoms with E-state index in [1.165, 1.54) is 0 Å². The lowest BCUT2D eigenvalue weighted by Gasteiger charge is -2.36. The van der Waals surface area contributed by atoms with E-state index >= 15 is 0 Å². The first-order valence-corrected chi connectivity index (χ1v) is 9.83. The molecule has 142 valence electrons. The van der Waals surface area contributed by atoms with Crippen LogP contribution in [-0.4, -0.2) is 26.1 Å². The molecular formula is C24H25BO3. The van der Waals surface area contributed by atoms with E-state index in [1.54, 1.807) is 0 Å². The number of ketones is 1. The highest BCUT2D eigenvalue weighted by Gasteiger charge is 2.39. The minimum Gasteiger partial charge on any atom is -0.410 e. The highest BCUT2D eigenvalue weighted by atomic mass is 16.6. The van der Waals surface area contributed by atoms with Crippen molar-refractivity contribution < 1.29 is 14.1 Å². The summed E-state index contributed by atoms with van der Waals surface area (Å²) in [5, 5.41) is 2.07. The summed E-state index contributed by atoms with van der Waals surface area (Å²) >= 11 is 0. The fraction of sp³-hybridized carbons (Fsp3) is 0.292. The van der Waals surface area contributed by atoms with Crippen LogP contribution in [0.15, 0.2) is 72.8 Å². The molecule has 4 rings (SSSR count). The number of Topliss-reactive ketones (excluding diaryl/α,β-unsaturated/α-hetero) is 1. The van der Waals surface area contributed by atoms with Crippen LogP contribution in [0.25, 0.3) is 10.8 Å². The van der Waals surface area contributed by atoms with Gasteiger partial charge in [-0.2, -0.15) is 0 Å². The molecule has 1 fully saturated rings. The molecule has 0 radical (unpaired) electrons. The van der Waals surface area contributed by atoms with Crippen LogP contribution in [0.4, 0.5) is 0 Å². The third kappa shape index (κ3) is 4.03. The van der Waals surface area contributed by atoms with Crippen LogP contribution < -0.4 is 0 Å². The Labute approximate surface area is 166 Å². The molecule has 0 spiro atoms. The summed E-state index contributed by atoms with van der Waals surface area (Å²) in [6, 6.07) is 24.0. The van der Waals surface area contributed by atoms with Crippen LogP contribution in [0.2, 0.25) is 0 Å². The molecule has 1 saturated heterocycles. The lowest BCUT2D eigenvalue weighted by atomic mass is 9.63. The van der Waals surface area contributed by atoms with Gasteiger partial charge in [-0.25, -0.2) is 0 Å². The second kappa shape index (κ2) is 7.90. The van der Waals surface area contributed by atoms with Gasteiger partial charge in [0.1, 0.15) is 0 Å². The molecule has 0 saturated carbocycles. The zero-order valence-electron chi connectivity index (χ0n) is 16.4. The van der Waals surface area contributed by atoms with Crippen LogP contribution in [0.3, 0.4) is 0 Å². The third-order valence-corrected chi connectivity index (χ3v) is 5.33. The number of hydrogen-bond acceptors (Lipinski definition) is 3. The minimum atomic E-state index is -0.408. The van der Waals surface area contributed by atoms with Crippen LogP contribution in [0.1, 0.15) is 42.0 Å². The highest BCUT2D eigenvalue weighted by Crippen LogP contribution is 2.32. The Kier molecular flexibility index (Phi) is 5.34. The van der Waals surface area contributed by atoms with Crippen molar-refractivity contribution in [3.05, 3.63) is 83.9 Å². The molecule has 0 aromatic heterocycles. The number of carbonyl (C=O) groups excluding carboxylic acids is 1. The van der Waals surface area contributed by atoms with E-state index in [1.807, 2.05) is 72.8 Å². The van der Waals surface area contributed by atoms with Crippen molar-refractivity contribution in [2.75, 3.05) is 13.2 Å². The van der Waals surface area contributed by atoms with Gasteiger partial charge >= 0.3 is 7.12 Å². The molecule has 0 amide bonds. The largest absolute Gasteiger partial charge is 0.465 e. The van der Waals surface area contributed by atoms with Gasteiger partial charge in [-0.1, -0.05) is 86.6 Å². The van der Waals surface area contributed by atoms with Crippen molar-refractivity contribution in [3.8, 4) is 0 Å². The molecular weight excluding hydrogens is 347 g/mol. The fourth-order valence-corrected chi connectivity index (χ4v) is 3.79. The van der Waals surface area contributed by atoms with Gasteiger partial charge in [-0.05, 0) is 16.3 Å². The lowest BCUT2D eigenvalue weighted by Crippen LogP contribution is -2.44. The number of benzene rings is 3. The molecule has 1 aliphatic heterocycles. The molecule has 1 atom stereocenters. The maximum Gasteiger partial charge on any atom is 0.465 e. The van der Waals surface area contributed by atoms with E-state index in [9.17, 15) is 4.79 Å². The zero-order valence-corrected chi connectivity index (χ0v) is 16.4. The lowest BCUT2D eigenvalue weighted by molar-refractivity contribution is 0.0238. The van der Waals surface area contributed by atoms with E-state index in [4.69, 9.17) is 9.31 Å². The molecule has 1 aliphatic rings. The Morgan fingerprint density at radius 1 is 0.929 bits per heavy atom. The van der Waals surface area contributed by atoms with Crippen LogP contribution in [-0.2, 0) is 9.31 Å². The summed E-state index contributed by atoms with van der Waals surface area (Å²) in [4.78, 5) is 13.3. The second-order valence-corrected chi connectivity index (χ2v) is 8.33. The Balaban J connectivity index is 1.63. The van der Waals surface area contributed by atoms with Crippen LogP contribution in [0.5, 0.6) is 0 Å². The first-order valence-electron chi connectivity index (χ1n) is 9.83. The Hall–Kier alpha value is -2.43. The standard InChI is InChI=1S/C24H25BO3/c1-24(2)16-27-25(28-17-24)22(19-10-4-3-5-11-19)15-23(26)21-14-8-12-18-9-6-7-13-20(18)21/h3-14,22H,15-17H2,1-2H3/t22-/m0/s1. The molecule has 3 nitrogen and oxygen atoms in total. The first kappa shape index (κ1) is 18.9. The topological polar surface area (TPSA) is 35.5 Å². The molecule has 1 heterocycles. The third-order valence-electron chi connectivity index (χ3n) is 5.33. The van der Waals surface area contributed by atoms with Crippen molar-refractivity contribution in [2.45, 2.75) is 26.1 Å². The second-order valence-electron chi connectivity index (χ2n) is 8.33. The predicted octanol–water partition coefficient (Wildman–Crippen LogP) is 5.30. The van der Waals surface area contributed by atoms with E-state index in [-0.39, 0.29) is 17.0 Å². The molecule has 28 heavy (non-hydrogen) atoms. The monoisotopic (exact) mass is 372 g/mol. The van der Waals surface area contributed by atoms with Gasteiger partial charge in [-0.15, -0.1) is 0 Å². The van der Waals surface area contributed by atoms with Crippen molar-refractivity contribution in [1.82, 2.24) is 0 Å². The maximum atomic E-state index is 13.3. The number of hydrogen-bond donors (Lipinski definition) is 0. The van der Waals surface area contributed by atoms with Crippen LogP contribution >= 0.6 is 0 Å². The number of fused-ring (bicyclic) bond motifs is 1. The molecule has 3 aromatic carbocycles. The molecule has 3 aromatic rings. The van der Waals surface area contributed by atoms with Gasteiger partial charge in [0.2, 0.25) is 0 Å². The minimum absolute atomic E-state index is 0.00260. The average Bonchev–Trinajstić information content (AvgIpc) is 2.72. The highest BCUT2D eigenvalue weighted by molar-refractivity contribution is 6.47. The summed E-state index contributed by atoms with van der Waals surface area (Å²) in [5.41, 5.74) is 1.83. The van der Waals surface area contributed by atoms with Gasteiger partial charge in [0, 0.05) is 36.4 Å². The maximum absolute atomic E-state index is 13.3. The van der Waals surface area contributed by atoms with Crippen molar-refractivity contribution in [2.24, 2.45) is 5.41 Å². The van der Waals surface area contributed by atoms with Gasteiger partial charge < -0.3 is 9.31 Å². The van der Waals surface area contributed by atoms with Crippen molar-refractivity contribution in [1.29, 1.82) is 0 Å². The molecule has 0 aliphatic carbocycles. The van der Waals surface area contributed by atoms with Gasteiger partial charge in [-0.3, -0.25) is 4.79 Å². The smallest absolute Gasteiger partial charge is 0.410 e. The Bertz CT molecular complexity index is 953. The van der Waals surface area contributed by atoms with Gasteiger partial charge in [0.15, 0.2) is 5.78 Å². The fourth-order valence-electron chi connectivity index (χ4n) is 3.79. The molecule has 0 N–H and O–H groups in total. The van der Waals surface area contributed by atoms with Crippen LogP contribution in [0, 0.1) is 5.41 Å². The Morgan fingerprint density at radius 3 is 2.32 bits per heavy atom. The van der Waals surface area contributed by atoms with E-state index in [2.05, 4.69) is 13.8 Å². The number of carbonyl (C=O) groups is 1. The summed E-state index contributed by atoms with van der Waals surface area (Å²) < 4.78 is 12.1. The molecule has 0 bridgehead atoms. The molecule has 0 unspecified atom stereocenters. The normalized spacial score (nSPS) is 17.4. The van der Waals surface area contributed by atoms with Crippen molar-refractivity contribution >= 4 is 23.7 Å². The van der Waals surface area contributed by atoms with Gasteiger partial charge in [0.25, 0.3) is 0 Å². The Morgan fingerprint density at radius 2 is 1.57 bits per heavy atom. The van der Waals surface area contributed by atoms with Crippen molar-refractivity contribution in [3.63, 3.8) is 0 Å². The summed E-state index contributed by atoms with van der Waals surface area (Å²) in [6.07, 6.45) is 0.350. The SMILES string of the molecule is CC1(C)COB([C@@H](CC(=O)c2cccc3ccccc23)c2ccccc2)OC1. The predicted molar refractivity (Wildman–Crippen MR) is 114 cm³/mol. The van der Waals surface area contributed by atoms with E-state index in [0.29, 0.717) is 19.6 Å². The quantitative estimate of drug-likeness (QED) is 0.451. The first-order chi connectivity index (χ1) is 13.5. The summed E-state index contributed by atoms with van der Waals surface area (Å²) in [5.74, 6) is -0.0218. The average molecular weight is 372 g/mol. The number of rotatable bonds is 5. The molecule has 4 heteroatoms. The van der Waals surface area contributed by atoms with Gasteiger partial charge in [0.05, 0.1) is 0 Å². The summed E-state index contributed by atoms with van der Waals surface area (Å²) in [6.45, 7) is 5.51. The van der Waals surface area contributed by atoms with E-state index < -0.39 is 7.12 Å². The zero-order chi connectivity index (χ0) is 19.6. The summed E-state index contributed by atoms with van der Waals surface area (Å²) in [7, 11) is -0.408. The van der Waals surface area contributed by atoms with E-state index in [0.717, 1.165) is 21.9 Å².